The van der Waals surface area contributed by atoms with Crippen molar-refractivity contribution in [1.29, 1.82) is 0 Å². The molecule has 0 radical (unpaired) electrons. The zero-order chi connectivity index (χ0) is 29.4. The lowest BCUT2D eigenvalue weighted by atomic mass is 9.70. The van der Waals surface area contributed by atoms with Crippen LogP contribution in [0, 0.1) is 18.7 Å². The lowest BCUT2D eigenvalue weighted by Crippen LogP contribution is -2.36. The minimum Gasteiger partial charge on any atom is -0.390 e. The van der Waals surface area contributed by atoms with Crippen LogP contribution >= 0.6 is 0 Å². The van der Waals surface area contributed by atoms with Crippen molar-refractivity contribution in [3.8, 4) is 5.69 Å². The number of hydrogen-bond donors (Lipinski definition) is 4. The van der Waals surface area contributed by atoms with Crippen LogP contribution in [0.1, 0.15) is 72.2 Å². The van der Waals surface area contributed by atoms with Crippen LogP contribution in [0.5, 0.6) is 0 Å². The van der Waals surface area contributed by atoms with E-state index in [0.717, 1.165) is 21.9 Å². The number of para-hydroxylation sites is 1. The number of fused-ring (bicyclic) bond motifs is 4. The minimum atomic E-state index is -1.46. The van der Waals surface area contributed by atoms with Gasteiger partial charge in [-0.25, -0.2) is 18.1 Å². The molecule has 0 saturated heterocycles. The third-order valence-electron chi connectivity index (χ3n) is 9.09. The van der Waals surface area contributed by atoms with E-state index in [1.165, 1.54) is 12.1 Å². The second kappa shape index (κ2) is 9.51. The van der Waals surface area contributed by atoms with E-state index in [1.807, 2.05) is 0 Å². The van der Waals surface area contributed by atoms with Crippen molar-refractivity contribution >= 4 is 16.8 Å². The number of carbonyl (C=O) groups is 1. The number of carbonyl (C=O) groups excluding carboxylic acids is 1. The Hall–Kier alpha value is -4.05. The lowest BCUT2D eigenvalue weighted by molar-refractivity contribution is -0.120. The molecule has 0 fully saturated rings. The fraction of sp³-hybridized carbons (Fsp3) is 0.387. The van der Waals surface area contributed by atoms with Crippen LogP contribution in [0.25, 0.3) is 16.6 Å². The zero-order valence-electron chi connectivity index (χ0n) is 23.1. The summed E-state index contributed by atoms with van der Waals surface area (Å²) >= 11 is 0. The molecule has 2 heterocycles. The van der Waals surface area contributed by atoms with E-state index in [9.17, 15) is 23.9 Å². The Labute approximate surface area is 234 Å². The number of hydrogen-bond acceptors (Lipinski definition) is 4. The first kappa shape index (κ1) is 27.1. The SMILES string of the molecule is Cc1c(C2c3c([nH]c4c3CC[C@@H](C(C)(C)O)C4)C(C(N)=O)CC2F)cccc1-n1c(=O)[nH]c2c(F)cccc2c1=O. The summed E-state index contributed by atoms with van der Waals surface area (Å²) in [6.45, 7) is 5.28. The summed E-state index contributed by atoms with van der Waals surface area (Å²) in [5.41, 5.74) is 7.62. The van der Waals surface area contributed by atoms with Crippen LogP contribution < -0.4 is 17.0 Å². The van der Waals surface area contributed by atoms with Gasteiger partial charge < -0.3 is 20.8 Å². The number of alkyl halides is 1. The number of aromatic nitrogens is 3. The van der Waals surface area contributed by atoms with Crippen molar-refractivity contribution in [1.82, 2.24) is 14.5 Å². The first-order chi connectivity index (χ1) is 19.4. The van der Waals surface area contributed by atoms with Crippen LogP contribution in [0.4, 0.5) is 8.78 Å². The molecule has 6 rings (SSSR count). The maximum Gasteiger partial charge on any atom is 0.333 e. The predicted molar refractivity (Wildman–Crippen MR) is 151 cm³/mol. The molecular weight excluding hydrogens is 530 g/mol. The summed E-state index contributed by atoms with van der Waals surface area (Å²) < 4.78 is 31.5. The topological polar surface area (TPSA) is 134 Å². The number of H-pyrrole nitrogens is 2. The number of halogens is 2. The predicted octanol–water partition coefficient (Wildman–Crippen LogP) is 3.77. The average molecular weight is 563 g/mol. The van der Waals surface area contributed by atoms with E-state index in [2.05, 4.69) is 9.97 Å². The Balaban J connectivity index is 1.54. The van der Waals surface area contributed by atoms with Gasteiger partial charge in [0.05, 0.1) is 28.1 Å². The van der Waals surface area contributed by atoms with Crippen LogP contribution in [0.2, 0.25) is 0 Å². The third kappa shape index (κ3) is 4.23. The standard InChI is InChI=1S/C31H32F2N4O4/c1-14-16(6-5-9-23(14)37-29(39)18-7-4-8-20(32)26(18)36-30(37)40)24-21(33)13-19(28(34)38)27-25(24)17-11-10-15(31(2,3)41)12-22(17)35-27/h4-9,15,19,21,24,35,41H,10-13H2,1-3H3,(H2,34,38)(H,36,40)/t15-,19?,21?,24?/m1/s1. The van der Waals surface area contributed by atoms with Crippen molar-refractivity contribution in [2.45, 2.75) is 70.1 Å². The summed E-state index contributed by atoms with van der Waals surface area (Å²) in [7, 11) is 0. The van der Waals surface area contributed by atoms with Gasteiger partial charge >= 0.3 is 5.69 Å². The molecule has 1 amide bonds. The molecule has 2 aliphatic rings. The van der Waals surface area contributed by atoms with Crippen molar-refractivity contribution in [3.63, 3.8) is 0 Å². The molecule has 0 spiro atoms. The number of rotatable bonds is 4. The summed E-state index contributed by atoms with van der Waals surface area (Å²) in [5.74, 6) is -2.93. The highest BCUT2D eigenvalue weighted by Gasteiger charge is 2.44. The second-order valence-electron chi connectivity index (χ2n) is 11.9. The Morgan fingerprint density at radius 2 is 1.88 bits per heavy atom. The smallest absolute Gasteiger partial charge is 0.333 e. The number of benzene rings is 2. The maximum atomic E-state index is 16.2. The van der Waals surface area contributed by atoms with Gasteiger partial charge in [-0.15, -0.1) is 0 Å². The molecule has 41 heavy (non-hydrogen) atoms. The molecular formula is C31H32F2N4O4. The highest BCUT2D eigenvalue weighted by Crippen LogP contribution is 2.49. The largest absolute Gasteiger partial charge is 0.390 e. The molecule has 0 saturated carbocycles. The first-order valence-electron chi connectivity index (χ1n) is 13.8. The van der Waals surface area contributed by atoms with Gasteiger partial charge in [-0.05, 0) is 92.8 Å². The summed E-state index contributed by atoms with van der Waals surface area (Å²) in [6.07, 6.45) is 0.280. The minimum absolute atomic E-state index is 0.0110. The number of nitrogens with zero attached hydrogens (tertiary/aromatic N) is 1. The fourth-order valence-electron chi connectivity index (χ4n) is 6.90. The summed E-state index contributed by atoms with van der Waals surface area (Å²) in [5, 5.41) is 10.7. The molecule has 2 aliphatic carbocycles. The number of primary amides is 1. The van der Waals surface area contributed by atoms with Crippen LogP contribution in [-0.4, -0.2) is 37.3 Å². The van der Waals surface area contributed by atoms with Gasteiger partial charge in [-0.1, -0.05) is 18.2 Å². The molecule has 2 aromatic carbocycles. The number of nitrogens with one attached hydrogen (secondary N) is 2. The van der Waals surface area contributed by atoms with Gasteiger partial charge in [0, 0.05) is 17.3 Å². The molecule has 2 aromatic heterocycles. The number of aromatic amines is 2. The van der Waals surface area contributed by atoms with Crippen molar-refractivity contribution < 1.29 is 18.7 Å². The quantitative estimate of drug-likeness (QED) is 0.301. The second-order valence-corrected chi connectivity index (χ2v) is 11.9. The first-order valence-corrected chi connectivity index (χ1v) is 13.8. The van der Waals surface area contributed by atoms with Crippen molar-refractivity contribution in [3.05, 3.63) is 96.7 Å². The zero-order valence-corrected chi connectivity index (χ0v) is 23.1. The Bertz CT molecular complexity index is 1830. The Morgan fingerprint density at radius 3 is 2.59 bits per heavy atom. The van der Waals surface area contributed by atoms with Crippen LogP contribution in [-0.2, 0) is 17.6 Å². The molecule has 3 unspecified atom stereocenters. The van der Waals surface area contributed by atoms with E-state index in [1.54, 1.807) is 39.0 Å². The van der Waals surface area contributed by atoms with Crippen molar-refractivity contribution in [2.75, 3.05) is 0 Å². The van der Waals surface area contributed by atoms with E-state index in [4.69, 9.17) is 5.73 Å². The van der Waals surface area contributed by atoms with Crippen LogP contribution in [0.3, 0.4) is 0 Å². The highest BCUT2D eigenvalue weighted by atomic mass is 19.1. The maximum absolute atomic E-state index is 16.2. The van der Waals surface area contributed by atoms with Gasteiger partial charge in [-0.2, -0.15) is 0 Å². The molecule has 0 aliphatic heterocycles. The Kier molecular flexibility index (Phi) is 6.29. The summed E-state index contributed by atoms with van der Waals surface area (Å²) in [6, 6.07) is 9.03. The van der Waals surface area contributed by atoms with Gasteiger partial charge in [0.15, 0.2) is 0 Å². The number of amides is 1. The number of nitrogens with two attached hydrogens (primary N) is 1. The molecule has 4 atom stereocenters. The molecule has 4 aromatic rings. The molecule has 0 bridgehead atoms. The monoisotopic (exact) mass is 562 g/mol. The lowest BCUT2D eigenvalue weighted by Gasteiger charge is -2.35. The van der Waals surface area contributed by atoms with E-state index < -0.39 is 46.6 Å². The molecule has 10 heteroatoms. The normalized spacial score (nSPS) is 22.4. The summed E-state index contributed by atoms with van der Waals surface area (Å²) in [4.78, 5) is 44.8. The van der Waals surface area contributed by atoms with Gasteiger partial charge in [-0.3, -0.25) is 9.59 Å². The average Bonchev–Trinajstić information content (AvgIpc) is 3.28. The Morgan fingerprint density at radius 1 is 1.15 bits per heavy atom. The van der Waals surface area contributed by atoms with Crippen LogP contribution in [0.15, 0.2) is 46.0 Å². The molecule has 5 N–H and O–H groups in total. The van der Waals surface area contributed by atoms with E-state index >= 15 is 4.39 Å². The van der Waals surface area contributed by atoms with Gasteiger partial charge in [0.1, 0.15) is 12.0 Å². The molecule has 214 valence electrons. The van der Waals surface area contributed by atoms with E-state index in [0.29, 0.717) is 41.6 Å². The highest BCUT2D eigenvalue weighted by molar-refractivity contribution is 5.83. The molecule has 8 nitrogen and oxygen atoms in total. The van der Waals surface area contributed by atoms with E-state index in [-0.39, 0.29) is 28.9 Å². The fourth-order valence-corrected chi connectivity index (χ4v) is 6.90. The number of aliphatic hydroxyl groups is 1. The van der Waals surface area contributed by atoms with Gasteiger partial charge in [0.2, 0.25) is 5.91 Å². The van der Waals surface area contributed by atoms with Gasteiger partial charge in [0.25, 0.3) is 5.56 Å². The van der Waals surface area contributed by atoms with Crippen molar-refractivity contribution in [2.24, 2.45) is 11.7 Å². The third-order valence-corrected chi connectivity index (χ3v) is 9.09.